The smallest absolute Gasteiger partial charge is 0.0823 e. The van der Waals surface area contributed by atoms with Gasteiger partial charge in [0.15, 0.2) is 0 Å². The van der Waals surface area contributed by atoms with Crippen LogP contribution in [0.2, 0.25) is 0 Å². The maximum absolute atomic E-state index is 9.77. The van der Waals surface area contributed by atoms with Gasteiger partial charge in [-0.15, -0.1) is 0 Å². The normalized spacial score (nSPS) is 23.3. The van der Waals surface area contributed by atoms with Crippen LogP contribution >= 0.6 is 0 Å². The fourth-order valence-electron chi connectivity index (χ4n) is 3.97. The summed E-state index contributed by atoms with van der Waals surface area (Å²) in [6.45, 7) is 6.12. The molecule has 0 amide bonds. The van der Waals surface area contributed by atoms with Gasteiger partial charge < -0.3 is 5.32 Å². The van der Waals surface area contributed by atoms with Gasteiger partial charge in [-0.2, -0.15) is 10.4 Å². The Morgan fingerprint density at radius 2 is 1.96 bits per heavy atom. The molecule has 1 N–H and O–H groups in total. The molecule has 132 valence electrons. The monoisotopic (exact) mass is 336 g/mol. The number of nitrogens with zero attached hydrogens (tertiary/aromatic N) is 3. The number of hydrogen-bond acceptors (Lipinski definition) is 3. The van der Waals surface area contributed by atoms with E-state index >= 15 is 0 Å². The summed E-state index contributed by atoms with van der Waals surface area (Å²) >= 11 is 0. The van der Waals surface area contributed by atoms with Gasteiger partial charge >= 0.3 is 0 Å². The number of nitrogens with one attached hydrogen (secondary N) is 1. The zero-order valence-electron chi connectivity index (χ0n) is 15.3. The van der Waals surface area contributed by atoms with Crippen molar-refractivity contribution in [2.75, 3.05) is 6.54 Å². The molecule has 25 heavy (non-hydrogen) atoms. The summed E-state index contributed by atoms with van der Waals surface area (Å²) in [4.78, 5) is 0. The average Bonchev–Trinajstić information content (AvgIpc) is 2.97. The summed E-state index contributed by atoms with van der Waals surface area (Å²) in [5.41, 5.74) is 3.21. The van der Waals surface area contributed by atoms with Gasteiger partial charge in [-0.25, -0.2) is 0 Å². The summed E-state index contributed by atoms with van der Waals surface area (Å²) in [7, 11) is 0. The quantitative estimate of drug-likeness (QED) is 0.814. The van der Waals surface area contributed by atoms with Crippen LogP contribution in [0.5, 0.6) is 0 Å². The van der Waals surface area contributed by atoms with Crippen LogP contribution in [0.15, 0.2) is 36.4 Å². The first-order chi connectivity index (χ1) is 12.1. The molecule has 3 rings (SSSR count). The van der Waals surface area contributed by atoms with Gasteiger partial charge in [0.2, 0.25) is 0 Å². The molecule has 2 aromatic rings. The van der Waals surface area contributed by atoms with E-state index in [1.807, 2.05) is 25.1 Å². The van der Waals surface area contributed by atoms with E-state index in [0.29, 0.717) is 6.04 Å². The first-order valence-corrected chi connectivity index (χ1v) is 9.34. The van der Waals surface area contributed by atoms with E-state index < -0.39 is 0 Å². The fraction of sp³-hybridized carbons (Fsp3) is 0.524. The van der Waals surface area contributed by atoms with Crippen molar-refractivity contribution in [1.82, 2.24) is 15.1 Å². The molecule has 1 aromatic carbocycles. The Morgan fingerprint density at radius 3 is 2.56 bits per heavy atom. The molecule has 0 spiro atoms. The van der Waals surface area contributed by atoms with Crippen molar-refractivity contribution in [2.45, 2.75) is 64.0 Å². The lowest BCUT2D eigenvalue weighted by Gasteiger charge is -2.35. The van der Waals surface area contributed by atoms with Crippen LogP contribution in [-0.4, -0.2) is 22.4 Å². The molecule has 1 aliphatic carbocycles. The molecule has 0 atom stereocenters. The average molecular weight is 336 g/mol. The van der Waals surface area contributed by atoms with Gasteiger partial charge in [-0.1, -0.05) is 30.3 Å². The lowest BCUT2D eigenvalue weighted by atomic mass is 9.69. The van der Waals surface area contributed by atoms with Gasteiger partial charge in [0.05, 0.1) is 17.2 Å². The molecule has 0 bridgehead atoms. The van der Waals surface area contributed by atoms with E-state index in [0.717, 1.165) is 50.9 Å². The summed E-state index contributed by atoms with van der Waals surface area (Å²) < 4.78 is 2.09. The third-order valence-corrected chi connectivity index (χ3v) is 5.46. The predicted molar refractivity (Wildman–Crippen MR) is 100 cm³/mol. The van der Waals surface area contributed by atoms with Gasteiger partial charge in [-0.05, 0) is 64.1 Å². The molecule has 0 radical (unpaired) electrons. The zero-order chi connectivity index (χ0) is 17.7. The third-order valence-electron chi connectivity index (χ3n) is 5.46. The summed E-state index contributed by atoms with van der Waals surface area (Å²) in [5, 5.41) is 18.0. The predicted octanol–water partition coefficient (Wildman–Crippen LogP) is 3.88. The second-order valence-corrected chi connectivity index (χ2v) is 7.29. The van der Waals surface area contributed by atoms with E-state index in [1.54, 1.807) is 0 Å². The summed E-state index contributed by atoms with van der Waals surface area (Å²) in [6, 6.07) is 15.6. The van der Waals surface area contributed by atoms with Gasteiger partial charge in [0.1, 0.15) is 0 Å². The molecule has 1 aliphatic rings. The summed E-state index contributed by atoms with van der Waals surface area (Å²) in [5.74, 6) is 0. The Morgan fingerprint density at radius 1 is 1.24 bits per heavy atom. The second-order valence-electron chi connectivity index (χ2n) is 7.29. The second kappa shape index (κ2) is 7.84. The number of benzene rings is 1. The molecule has 4 nitrogen and oxygen atoms in total. The van der Waals surface area contributed by atoms with Crippen molar-refractivity contribution < 1.29 is 0 Å². The Bertz CT molecular complexity index is 718. The number of aromatic nitrogens is 2. The molecule has 0 saturated heterocycles. The zero-order valence-corrected chi connectivity index (χ0v) is 15.3. The Labute approximate surface area is 150 Å². The highest BCUT2D eigenvalue weighted by atomic mass is 15.3. The van der Waals surface area contributed by atoms with Crippen LogP contribution in [0.3, 0.4) is 0 Å². The van der Waals surface area contributed by atoms with Crippen molar-refractivity contribution in [3.63, 3.8) is 0 Å². The van der Waals surface area contributed by atoms with Crippen molar-refractivity contribution in [2.24, 2.45) is 0 Å². The number of nitriles is 1. The number of aryl methyl sites for hydroxylation is 3. The van der Waals surface area contributed by atoms with E-state index in [4.69, 9.17) is 0 Å². The van der Waals surface area contributed by atoms with E-state index in [9.17, 15) is 5.26 Å². The van der Waals surface area contributed by atoms with Crippen LogP contribution in [0.25, 0.3) is 0 Å². The molecule has 1 heterocycles. The first kappa shape index (κ1) is 17.7. The minimum absolute atomic E-state index is 0.289. The van der Waals surface area contributed by atoms with Gasteiger partial charge in [-0.3, -0.25) is 4.68 Å². The largest absolute Gasteiger partial charge is 0.314 e. The maximum atomic E-state index is 9.77. The molecular weight excluding hydrogens is 308 g/mol. The Hall–Kier alpha value is -2.12. The SMILES string of the molecule is Cc1cc(C)n(CCCNC2CCC(C#N)(c3ccccc3)CC2)n1. The number of hydrogen-bond donors (Lipinski definition) is 1. The standard InChI is InChI=1S/C21H28N4/c1-17-15-18(2)25(24-17)14-6-13-23-20-9-11-21(16-22,12-10-20)19-7-4-3-5-8-19/h3-5,7-8,15,20,23H,6,9-14H2,1-2H3. The Balaban J connectivity index is 1.45. The van der Waals surface area contributed by atoms with E-state index in [2.05, 4.69) is 46.3 Å². The minimum Gasteiger partial charge on any atom is -0.314 e. The Kier molecular flexibility index (Phi) is 5.55. The molecule has 1 saturated carbocycles. The topological polar surface area (TPSA) is 53.6 Å². The molecule has 1 aromatic heterocycles. The molecular formula is C21H28N4. The highest BCUT2D eigenvalue weighted by molar-refractivity contribution is 5.33. The van der Waals surface area contributed by atoms with Gasteiger partial charge in [0, 0.05) is 18.3 Å². The van der Waals surface area contributed by atoms with Crippen LogP contribution in [-0.2, 0) is 12.0 Å². The highest BCUT2D eigenvalue weighted by Gasteiger charge is 2.36. The maximum Gasteiger partial charge on any atom is 0.0823 e. The molecule has 0 aliphatic heterocycles. The van der Waals surface area contributed by atoms with Crippen molar-refractivity contribution >= 4 is 0 Å². The fourth-order valence-corrected chi connectivity index (χ4v) is 3.97. The lowest BCUT2D eigenvalue weighted by Crippen LogP contribution is -2.39. The lowest BCUT2D eigenvalue weighted by molar-refractivity contribution is 0.293. The third kappa shape index (κ3) is 4.11. The molecule has 4 heteroatoms. The van der Waals surface area contributed by atoms with Gasteiger partial charge in [0.25, 0.3) is 0 Å². The summed E-state index contributed by atoms with van der Waals surface area (Å²) in [6.07, 6.45) is 5.12. The van der Waals surface area contributed by atoms with E-state index in [-0.39, 0.29) is 5.41 Å². The van der Waals surface area contributed by atoms with Crippen molar-refractivity contribution in [3.8, 4) is 6.07 Å². The highest BCUT2D eigenvalue weighted by Crippen LogP contribution is 2.38. The number of rotatable bonds is 6. The van der Waals surface area contributed by atoms with Crippen LogP contribution in [0.4, 0.5) is 0 Å². The minimum atomic E-state index is -0.289. The van der Waals surface area contributed by atoms with Crippen LogP contribution < -0.4 is 5.32 Å². The van der Waals surface area contributed by atoms with Crippen LogP contribution in [0, 0.1) is 25.2 Å². The van der Waals surface area contributed by atoms with Crippen molar-refractivity contribution in [1.29, 1.82) is 5.26 Å². The molecule has 1 fully saturated rings. The van der Waals surface area contributed by atoms with E-state index in [1.165, 1.54) is 11.3 Å². The van der Waals surface area contributed by atoms with Crippen LogP contribution in [0.1, 0.15) is 49.1 Å². The van der Waals surface area contributed by atoms with Crippen molar-refractivity contribution in [3.05, 3.63) is 53.3 Å². The molecule has 0 unspecified atom stereocenters. The first-order valence-electron chi connectivity index (χ1n) is 9.34.